The van der Waals surface area contributed by atoms with Gasteiger partial charge in [0.25, 0.3) is 5.91 Å². The van der Waals surface area contributed by atoms with Crippen LogP contribution in [-0.2, 0) is 11.2 Å². The van der Waals surface area contributed by atoms with Crippen molar-refractivity contribution in [2.75, 3.05) is 29.4 Å². The lowest BCUT2D eigenvalue weighted by Gasteiger charge is -2.36. The molecule has 7 nitrogen and oxygen atoms in total. The molecule has 8 heteroatoms. The number of amides is 3. The second-order valence-corrected chi connectivity index (χ2v) is 7.00. The van der Waals surface area contributed by atoms with Crippen molar-refractivity contribution in [3.63, 3.8) is 0 Å². The van der Waals surface area contributed by atoms with E-state index in [-0.39, 0.29) is 30.3 Å². The first-order valence-corrected chi connectivity index (χ1v) is 9.53. The molecule has 0 unspecified atom stereocenters. The molecule has 0 N–H and O–H groups in total. The van der Waals surface area contributed by atoms with Crippen molar-refractivity contribution in [3.8, 4) is 0 Å². The maximum atomic E-state index is 14.5. The topological polar surface area (TPSA) is 69.6 Å². The molecule has 0 aliphatic carbocycles. The number of piperidine rings is 1. The van der Waals surface area contributed by atoms with Gasteiger partial charge in [-0.25, -0.2) is 24.1 Å². The SMILES string of the molecule is CCc1ncnc(N2CCC(N3CC(=O)N(c4ccccc4)C3=O)CC2)c1F. The Balaban J connectivity index is 1.45. The number of imide groups is 1. The van der Waals surface area contributed by atoms with E-state index in [4.69, 9.17) is 0 Å². The maximum Gasteiger partial charge on any atom is 0.332 e. The van der Waals surface area contributed by atoms with Crippen LogP contribution in [0, 0.1) is 5.82 Å². The van der Waals surface area contributed by atoms with E-state index in [1.807, 2.05) is 17.9 Å². The predicted octanol–water partition coefficient (Wildman–Crippen LogP) is 2.62. The first-order valence-electron chi connectivity index (χ1n) is 9.53. The van der Waals surface area contributed by atoms with Crippen molar-refractivity contribution < 1.29 is 14.0 Å². The van der Waals surface area contributed by atoms with Crippen LogP contribution in [0.2, 0.25) is 0 Å². The van der Waals surface area contributed by atoms with Gasteiger partial charge in [0.05, 0.1) is 11.4 Å². The highest BCUT2D eigenvalue weighted by atomic mass is 19.1. The predicted molar refractivity (Wildman–Crippen MR) is 103 cm³/mol. The minimum atomic E-state index is -0.369. The fourth-order valence-corrected chi connectivity index (χ4v) is 3.89. The van der Waals surface area contributed by atoms with Crippen LogP contribution in [0.4, 0.5) is 20.7 Å². The van der Waals surface area contributed by atoms with Crippen LogP contribution in [0.15, 0.2) is 36.7 Å². The second-order valence-electron chi connectivity index (χ2n) is 7.00. The first-order chi connectivity index (χ1) is 13.6. The zero-order chi connectivity index (χ0) is 19.7. The molecule has 2 fully saturated rings. The van der Waals surface area contributed by atoms with E-state index in [0.29, 0.717) is 49.6 Å². The van der Waals surface area contributed by atoms with Gasteiger partial charge in [0, 0.05) is 19.1 Å². The lowest BCUT2D eigenvalue weighted by molar-refractivity contribution is -0.116. The van der Waals surface area contributed by atoms with Gasteiger partial charge in [-0.2, -0.15) is 0 Å². The summed E-state index contributed by atoms with van der Waals surface area (Å²) in [6.45, 7) is 3.09. The molecule has 4 rings (SSSR count). The molecule has 0 spiro atoms. The lowest BCUT2D eigenvalue weighted by atomic mass is 10.0. The third-order valence-corrected chi connectivity index (χ3v) is 5.39. The minimum Gasteiger partial charge on any atom is -0.354 e. The summed E-state index contributed by atoms with van der Waals surface area (Å²) < 4.78 is 14.5. The monoisotopic (exact) mass is 383 g/mol. The molecular weight excluding hydrogens is 361 g/mol. The van der Waals surface area contributed by atoms with Crippen LogP contribution >= 0.6 is 0 Å². The number of hydrogen-bond donors (Lipinski definition) is 0. The summed E-state index contributed by atoms with van der Waals surface area (Å²) in [6.07, 6.45) is 3.22. The van der Waals surface area contributed by atoms with Crippen LogP contribution in [0.5, 0.6) is 0 Å². The van der Waals surface area contributed by atoms with Gasteiger partial charge in [-0.15, -0.1) is 0 Å². The number of anilines is 2. The summed E-state index contributed by atoms with van der Waals surface area (Å²) in [4.78, 5) is 38.1. The van der Waals surface area contributed by atoms with Gasteiger partial charge in [0.1, 0.15) is 12.9 Å². The minimum absolute atomic E-state index is 0.0445. The Hall–Kier alpha value is -3.03. The van der Waals surface area contributed by atoms with Crippen LogP contribution < -0.4 is 9.80 Å². The van der Waals surface area contributed by atoms with Gasteiger partial charge in [0.2, 0.25) is 0 Å². The zero-order valence-corrected chi connectivity index (χ0v) is 15.7. The number of para-hydroxylation sites is 1. The summed E-state index contributed by atoms with van der Waals surface area (Å²) in [5.41, 5.74) is 0.999. The van der Waals surface area contributed by atoms with Crippen molar-refractivity contribution in [2.24, 2.45) is 0 Å². The molecule has 2 aliphatic heterocycles. The number of aromatic nitrogens is 2. The Kier molecular flexibility index (Phi) is 4.93. The number of aryl methyl sites for hydroxylation is 1. The normalized spacial score (nSPS) is 18.3. The van der Waals surface area contributed by atoms with Crippen LogP contribution in [0.25, 0.3) is 0 Å². The van der Waals surface area contributed by atoms with E-state index in [2.05, 4.69) is 9.97 Å². The number of halogens is 1. The average molecular weight is 383 g/mol. The molecule has 28 heavy (non-hydrogen) atoms. The molecule has 0 atom stereocenters. The summed E-state index contributed by atoms with van der Waals surface area (Å²) >= 11 is 0. The standard InChI is InChI=1S/C20H22FN5O2/c1-2-16-18(21)19(23-13-22-16)24-10-8-14(9-11-24)25-12-17(27)26(20(25)28)15-6-4-3-5-7-15/h3-7,13-14H,2,8-12H2,1H3. The highest BCUT2D eigenvalue weighted by Crippen LogP contribution is 2.28. The summed E-state index contributed by atoms with van der Waals surface area (Å²) in [5.74, 6) is -0.265. The average Bonchev–Trinajstić information content (AvgIpc) is 3.03. The fourth-order valence-electron chi connectivity index (χ4n) is 3.89. The number of urea groups is 1. The summed E-state index contributed by atoms with van der Waals surface area (Å²) in [5, 5.41) is 0. The fraction of sp³-hybridized carbons (Fsp3) is 0.400. The molecule has 2 aliphatic rings. The van der Waals surface area contributed by atoms with Crippen molar-refractivity contribution in [2.45, 2.75) is 32.2 Å². The Bertz CT molecular complexity index is 883. The third kappa shape index (κ3) is 3.19. The number of benzene rings is 1. The zero-order valence-electron chi connectivity index (χ0n) is 15.7. The van der Waals surface area contributed by atoms with E-state index in [1.165, 1.54) is 11.2 Å². The van der Waals surface area contributed by atoms with Crippen molar-refractivity contribution in [1.29, 1.82) is 0 Å². The van der Waals surface area contributed by atoms with Gasteiger partial charge < -0.3 is 9.80 Å². The van der Waals surface area contributed by atoms with Gasteiger partial charge >= 0.3 is 6.03 Å². The van der Waals surface area contributed by atoms with Crippen molar-refractivity contribution in [1.82, 2.24) is 14.9 Å². The van der Waals surface area contributed by atoms with Crippen LogP contribution in [0.3, 0.4) is 0 Å². The van der Waals surface area contributed by atoms with Crippen LogP contribution in [-0.4, -0.2) is 52.5 Å². The molecule has 2 saturated heterocycles. The van der Waals surface area contributed by atoms with E-state index in [9.17, 15) is 14.0 Å². The largest absolute Gasteiger partial charge is 0.354 e. The maximum absolute atomic E-state index is 14.5. The number of nitrogens with zero attached hydrogens (tertiary/aromatic N) is 5. The molecule has 3 heterocycles. The number of carbonyl (C=O) groups excluding carboxylic acids is 2. The smallest absolute Gasteiger partial charge is 0.332 e. The molecule has 1 aromatic heterocycles. The number of hydrogen-bond acceptors (Lipinski definition) is 5. The molecule has 0 saturated carbocycles. The summed E-state index contributed by atoms with van der Waals surface area (Å²) in [6, 6.07) is 8.64. The molecule has 0 bridgehead atoms. The Labute approximate surface area is 162 Å². The number of carbonyl (C=O) groups is 2. The molecule has 3 amide bonds. The van der Waals surface area contributed by atoms with Crippen molar-refractivity contribution in [3.05, 3.63) is 48.2 Å². The third-order valence-electron chi connectivity index (χ3n) is 5.39. The lowest BCUT2D eigenvalue weighted by Crippen LogP contribution is -2.47. The van der Waals surface area contributed by atoms with Gasteiger partial charge in [-0.1, -0.05) is 25.1 Å². The highest BCUT2D eigenvalue weighted by Gasteiger charge is 2.41. The molecule has 146 valence electrons. The van der Waals surface area contributed by atoms with E-state index >= 15 is 0 Å². The first kappa shape index (κ1) is 18.3. The Morgan fingerprint density at radius 2 is 1.82 bits per heavy atom. The van der Waals surface area contributed by atoms with Crippen molar-refractivity contribution >= 4 is 23.4 Å². The molecule has 1 aromatic carbocycles. The Morgan fingerprint density at radius 1 is 1.11 bits per heavy atom. The quantitative estimate of drug-likeness (QED) is 0.759. The van der Waals surface area contributed by atoms with E-state index < -0.39 is 0 Å². The van der Waals surface area contributed by atoms with Gasteiger partial charge in [0.15, 0.2) is 11.6 Å². The second kappa shape index (κ2) is 7.53. The number of rotatable bonds is 4. The van der Waals surface area contributed by atoms with E-state index in [1.54, 1.807) is 29.2 Å². The highest BCUT2D eigenvalue weighted by molar-refractivity contribution is 6.19. The molecule has 0 radical (unpaired) electrons. The molecule has 2 aromatic rings. The van der Waals surface area contributed by atoms with Gasteiger partial charge in [-0.3, -0.25) is 4.79 Å². The van der Waals surface area contributed by atoms with E-state index in [0.717, 1.165) is 0 Å². The molecular formula is C20H22FN5O2. The van der Waals surface area contributed by atoms with Crippen LogP contribution in [0.1, 0.15) is 25.5 Å². The Morgan fingerprint density at radius 3 is 2.50 bits per heavy atom. The summed E-state index contributed by atoms with van der Waals surface area (Å²) in [7, 11) is 0. The van der Waals surface area contributed by atoms with Gasteiger partial charge in [-0.05, 0) is 31.4 Å².